The number of carbonyl (C=O) groups is 2. The Hall–Kier alpha value is -1.39. The van der Waals surface area contributed by atoms with Crippen LogP contribution in [-0.4, -0.2) is 37.2 Å². The Bertz CT molecular complexity index is 444. The molecule has 4 nitrogen and oxygen atoms in total. The maximum atomic E-state index is 11.8. The highest BCUT2D eigenvalue weighted by Gasteiger charge is 2.10. The number of rotatable bonds is 4. The van der Waals surface area contributed by atoms with Crippen LogP contribution in [0.25, 0.3) is 0 Å². The summed E-state index contributed by atoms with van der Waals surface area (Å²) in [7, 11) is 3.64. The first-order chi connectivity index (χ1) is 7.90. The van der Waals surface area contributed by atoms with Crippen LogP contribution in [0, 0.1) is 0 Å². The van der Waals surface area contributed by atoms with Crippen molar-refractivity contribution in [3.8, 4) is 0 Å². The molecule has 1 aromatic rings. The number of Topliss-reactive ketones (excluding diaryl/α,β-unsaturated/α-hetero) is 1. The number of ketones is 1. The van der Waals surface area contributed by atoms with Crippen molar-refractivity contribution in [3.05, 3.63) is 28.8 Å². The van der Waals surface area contributed by atoms with Gasteiger partial charge in [0.15, 0.2) is 5.78 Å². The number of likely N-dealkylation sites (N-methyl/N-ethyl adjacent to an activating group) is 1. The number of carbonyl (C=O) groups excluding carboxylic acids is 2. The molecule has 0 aliphatic rings. The molecule has 17 heavy (non-hydrogen) atoms. The maximum absolute atomic E-state index is 11.8. The number of amides is 1. The van der Waals surface area contributed by atoms with Gasteiger partial charge in [-0.05, 0) is 32.3 Å². The monoisotopic (exact) mass is 254 g/mol. The molecule has 1 N–H and O–H groups in total. The fourth-order valence-electron chi connectivity index (χ4n) is 1.36. The van der Waals surface area contributed by atoms with Gasteiger partial charge in [-0.25, -0.2) is 0 Å². The van der Waals surface area contributed by atoms with Gasteiger partial charge >= 0.3 is 0 Å². The number of hydrogen-bond donors (Lipinski definition) is 1. The molecule has 92 valence electrons. The van der Waals surface area contributed by atoms with Gasteiger partial charge in [-0.3, -0.25) is 9.59 Å². The normalized spacial score (nSPS) is 10.4. The minimum absolute atomic E-state index is 0.0155. The number of nitrogens with zero attached hydrogens (tertiary/aromatic N) is 1. The van der Waals surface area contributed by atoms with E-state index in [9.17, 15) is 9.59 Å². The van der Waals surface area contributed by atoms with Crippen molar-refractivity contribution in [2.24, 2.45) is 0 Å². The fraction of sp³-hybridized carbons (Fsp3) is 0.333. The van der Waals surface area contributed by atoms with Crippen molar-refractivity contribution in [2.45, 2.75) is 6.92 Å². The lowest BCUT2D eigenvalue weighted by molar-refractivity contribution is -0.114. The van der Waals surface area contributed by atoms with E-state index in [1.165, 1.54) is 6.92 Å². The van der Waals surface area contributed by atoms with Crippen LogP contribution in [-0.2, 0) is 4.79 Å². The smallest absolute Gasteiger partial charge is 0.221 e. The third-order valence-electron chi connectivity index (χ3n) is 2.06. The molecule has 5 heteroatoms. The summed E-state index contributed by atoms with van der Waals surface area (Å²) in [6.07, 6.45) is 0. The maximum Gasteiger partial charge on any atom is 0.221 e. The summed E-state index contributed by atoms with van der Waals surface area (Å²) in [5, 5.41) is 3.00. The third kappa shape index (κ3) is 4.17. The average molecular weight is 255 g/mol. The zero-order valence-corrected chi connectivity index (χ0v) is 10.8. The summed E-state index contributed by atoms with van der Waals surface area (Å²) < 4.78 is 0. The molecule has 0 aliphatic heterocycles. The highest BCUT2D eigenvalue weighted by molar-refractivity contribution is 6.33. The second-order valence-electron chi connectivity index (χ2n) is 4.04. The van der Waals surface area contributed by atoms with Crippen molar-refractivity contribution in [3.63, 3.8) is 0 Å². The molecule has 0 aromatic heterocycles. The van der Waals surface area contributed by atoms with E-state index in [1.54, 1.807) is 23.1 Å². The first-order valence-corrected chi connectivity index (χ1v) is 5.53. The molecule has 0 radical (unpaired) electrons. The summed E-state index contributed by atoms with van der Waals surface area (Å²) in [5.74, 6) is -0.234. The largest absolute Gasteiger partial charge is 0.325 e. The number of halogens is 1. The fourth-order valence-corrected chi connectivity index (χ4v) is 1.53. The molecule has 0 fully saturated rings. The Morgan fingerprint density at radius 3 is 2.53 bits per heavy atom. The van der Waals surface area contributed by atoms with Gasteiger partial charge in [0.1, 0.15) is 0 Å². The minimum Gasteiger partial charge on any atom is -0.325 e. The van der Waals surface area contributed by atoms with Gasteiger partial charge in [0.25, 0.3) is 0 Å². The molecule has 0 bridgehead atoms. The zero-order chi connectivity index (χ0) is 13.0. The molecule has 0 atom stereocenters. The lowest BCUT2D eigenvalue weighted by atomic mass is 10.1. The highest BCUT2D eigenvalue weighted by atomic mass is 35.5. The second-order valence-corrected chi connectivity index (χ2v) is 4.44. The summed E-state index contributed by atoms with van der Waals surface area (Å²) in [4.78, 5) is 24.6. The topological polar surface area (TPSA) is 49.4 Å². The molecular weight excluding hydrogens is 240 g/mol. The summed E-state index contributed by atoms with van der Waals surface area (Å²) in [6.45, 7) is 1.71. The van der Waals surface area contributed by atoms with Gasteiger partial charge in [0, 0.05) is 12.5 Å². The third-order valence-corrected chi connectivity index (χ3v) is 2.39. The number of anilines is 1. The minimum atomic E-state index is -0.218. The van der Waals surface area contributed by atoms with Gasteiger partial charge < -0.3 is 10.2 Å². The summed E-state index contributed by atoms with van der Waals surface area (Å²) in [6, 6.07) is 4.85. The predicted octanol–water partition coefficient (Wildman–Crippen LogP) is 2.04. The molecular formula is C12H15ClN2O2. The summed E-state index contributed by atoms with van der Waals surface area (Å²) >= 11 is 5.91. The van der Waals surface area contributed by atoms with Crippen molar-refractivity contribution >= 4 is 29.0 Å². The molecule has 0 unspecified atom stereocenters. The molecule has 0 saturated carbocycles. The van der Waals surface area contributed by atoms with Crippen LogP contribution in [0.3, 0.4) is 0 Å². The molecule has 1 amide bonds. The Labute approximate surface area is 106 Å². The van der Waals surface area contributed by atoms with Crippen LogP contribution in [0.4, 0.5) is 5.69 Å². The van der Waals surface area contributed by atoms with Gasteiger partial charge in [0.05, 0.1) is 17.3 Å². The molecule has 0 saturated heterocycles. The quantitative estimate of drug-likeness (QED) is 0.837. The Morgan fingerprint density at radius 2 is 2.00 bits per heavy atom. The summed E-state index contributed by atoms with van der Waals surface area (Å²) in [5.41, 5.74) is 0.996. The lowest BCUT2D eigenvalue weighted by Gasteiger charge is -2.10. The van der Waals surface area contributed by atoms with Crippen LogP contribution < -0.4 is 5.32 Å². The molecule has 1 aromatic carbocycles. The van der Waals surface area contributed by atoms with Crippen LogP contribution in [0.2, 0.25) is 5.02 Å². The Balaban J connectivity index is 2.95. The van der Waals surface area contributed by atoms with Crippen LogP contribution in [0.5, 0.6) is 0 Å². The zero-order valence-electron chi connectivity index (χ0n) is 10.1. The van der Waals surface area contributed by atoms with Crippen molar-refractivity contribution in [1.29, 1.82) is 0 Å². The van der Waals surface area contributed by atoms with Crippen molar-refractivity contribution < 1.29 is 9.59 Å². The number of hydrogen-bond acceptors (Lipinski definition) is 3. The van der Waals surface area contributed by atoms with Gasteiger partial charge in [0.2, 0.25) is 5.91 Å². The van der Waals surface area contributed by atoms with E-state index >= 15 is 0 Å². The van der Waals surface area contributed by atoms with E-state index < -0.39 is 0 Å². The highest BCUT2D eigenvalue weighted by Crippen LogP contribution is 2.23. The van der Waals surface area contributed by atoms with Crippen molar-refractivity contribution in [2.75, 3.05) is 26.0 Å². The van der Waals surface area contributed by atoms with Crippen LogP contribution >= 0.6 is 11.6 Å². The second kappa shape index (κ2) is 5.80. The SMILES string of the molecule is CC(=O)Nc1cc(C(=O)CN(C)C)ccc1Cl. The van der Waals surface area contributed by atoms with Gasteiger partial charge in [-0.1, -0.05) is 11.6 Å². The van der Waals surface area contributed by atoms with Crippen LogP contribution in [0.1, 0.15) is 17.3 Å². The molecule has 0 heterocycles. The van der Waals surface area contributed by atoms with E-state index in [0.717, 1.165) is 0 Å². The lowest BCUT2D eigenvalue weighted by Crippen LogP contribution is -2.21. The first kappa shape index (κ1) is 13.7. The number of benzene rings is 1. The van der Waals surface area contributed by atoms with E-state index in [1.807, 2.05) is 14.1 Å². The van der Waals surface area contributed by atoms with Gasteiger partial charge in [-0.15, -0.1) is 0 Å². The average Bonchev–Trinajstić information content (AvgIpc) is 2.19. The number of nitrogens with one attached hydrogen (secondary N) is 1. The van der Waals surface area contributed by atoms with Gasteiger partial charge in [-0.2, -0.15) is 0 Å². The molecule has 1 rings (SSSR count). The van der Waals surface area contributed by atoms with Crippen molar-refractivity contribution in [1.82, 2.24) is 4.90 Å². The van der Waals surface area contributed by atoms with E-state index in [-0.39, 0.29) is 11.7 Å². The predicted molar refractivity (Wildman–Crippen MR) is 68.6 cm³/mol. The Morgan fingerprint density at radius 1 is 1.35 bits per heavy atom. The standard InChI is InChI=1S/C12H15ClN2O2/c1-8(16)14-11-6-9(4-5-10(11)13)12(17)7-15(2)3/h4-6H,7H2,1-3H3,(H,14,16). The van der Waals surface area contributed by atoms with Crippen LogP contribution in [0.15, 0.2) is 18.2 Å². The first-order valence-electron chi connectivity index (χ1n) is 5.15. The molecule has 0 spiro atoms. The molecule has 0 aliphatic carbocycles. The van der Waals surface area contributed by atoms with E-state index in [2.05, 4.69) is 5.32 Å². The van der Waals surface area contributed by atoms with E-state index in [4.69, 9.17) is 11.6 Å². The Kier molecular flexibility index (Phi) is 4.66. The van der Waals surface area contributed by atoms with E-state index in [0.29, 0.717) is 22.8 Å².